The molecule has 2 aromatic rings. The van der Waals surface area contributed by atoms with Gasteiger partial charge in [0, 0.05) is 27.6 Å². The number of carbonyl (C=O) groups excluding carboxylic acids is 4. The number of hydrogen-bond donors (Lipinski definition) is 3. The summed E-state index contributed by atoms with van der Waals surface area (Å²) >= 11 is 7.24. The van der Waals surface area contributed by atoms with Gasteiger partial charge in [0.2, 0.25) is 11.8 Å². The molecule has 1 atom stereocenters. The van der Waals surface area contributed by atoms with Gasteiger partial charge < -0.3 is 20.7 Å². The molecule has 3 amide bonds. The van der Waals surface area contributed by atoms with E-state index in [4.69, 9.17) is 11.6 Å². The van der Waals surface area contributed by atoms with Gasteiger partial charge in [0.25, 0.3) is 5.91 Å². The normalized spacial score (nSPS) is 14.9. The molecular weight excluding hydrogens is 430 g/mol. The van der Waals surface area contributed by atoms with E-state index in [1.165, 1.54) is 31.0 Å². The van der Waals surface area contributed by atoms with Crippen molar-refractivity contribution in [2.75, 3.05) is 24.3 Å². The van der Waals surface area contributed by atoms with E-state index < -0.39 is 17.1 Å². The molecule has 0 aromatic heterocycles. The van der Waals surface area contributed by atoms with Crippen LogP contribution in [0.1, 0.15) is 16.8 Å². The monoisotopic (exact) mass is 447 g/mol. The number of fused-ring (bicyclic) bond motifs is 1. The van der Waals surface area contributed by atoms with Gasteiger partial charge in [0.1, 0.15) is 6.54 Å². The topological polar surface area (TPSA) is 114 Å². The van der Waals surface area contributed by atoms with Gasteiger partial charge in [-0.1, -0.05) is 11.6 Å². The lowest BCUT2D eigenvalue weighted by atomic mass is 10.2. The van der Waals surface area contributed by atoms with Crippen molar-refractivity contribution in [3.63, 3.8) is 0 Å². The number of hydrogen-bond acceptors (Lipinski definition) is 6. The lowest BCUT2D eigenvalue weighted by Crippen LogP contribution is -2.32. The molecule has 0 saturated heterocycles. The Kier molecular flexibility index (Phi) is 6.96. The number of rotatable bonds is 6. The Hall–Kier alpha value is -3.04. The molecule has 1 aliphatic rings. The Morgan fingerprint density at radius 2 is 1.90 bits per heavy atom. The van der Waals surface area contributed by atoms with Crippen molar-refractivity contribution in [1.82, 2.24) is 5.32 Å². The van der Waals surface area contributed by atoms with E-state index in [1.807, 2.05) is 0 Å². The van der Waals surface area contributed by atoms with Crippen molar-refractivity contribution in [3.8, 4) is 0 Å². The summed E-state index contributed by atoms with van der Waals surface area (Å²) in [5, 5.41) is 7.85. The van der Waals surface area contributed by atoms with E-state index in [-0.39, 0.29) is 24.8 Å². The third-order valence-electron chi connectivity index (χ3n) is 4.18. The summed E-state index contributed by atoms with van der Waals surface area (Å²) < 4.78 is 4.46. The molecule has 0 spiro atoms. The van der Waals surface area contributed by atoms with Gasteiger partial charge in [-0.3, -0.25) is 19.2 Å². The highest BCUT2D eigenvalue weighted by molar-refractivity contribution is 8.01. The van der Waals surface area contributed by atoms with Gasteiger partial charge >= 0.3 is 5.97 Å². The average Bonchev–Trinajstić information content (AvgIpc) is 2.73. The number of nitrogens with one attached hydrogen (secondary N) is 3. The first-order valence-corrected chi connectivity index (χ1v) is 10.1. The molecule has 3 rings (SSSR count). The molecule has 0 bridgehead atoms. The molecule has 0 aliphatic carbocycles. The second kappa shape index (κ2) is 9.64. The molecule has 2 aromatic carbocycles. The first-order valence-electron chi connectivity index (χ1n) is 8.87. The largest absolute Gasteiger partial charge is 0.468 e. The zero-order valence-electron chi connectivity index (χ0n) is 15.9. The van der Waals surface area contributed by atoms with E-state index >= 15 is 0 Å². The van der Waals surface area contributed by atoms with Gasteiger partial charge in [-0.2, -0.15) is 0 Å². The number of ether oxygens (including phenoxy) is 1. The number of esters is 1. The van der Waals surface area contributed by atoms with E-state index in [0.717, 1.165) is 4.90 Å². The number of amides is 3. The SMILES string of the molecule is COC(=O)CNC(=O)c1ccc(NC(=O)CC2Sc3ccc(Cl)cc3NC2=O)cc1. The van der Waals surface area contributed by atoms with Crippen LogP contribution in [0, 0.1) is 0 Å². The van der Waals surface area contributed by atoms with Crippen LogP contribution in [-0.2, 0) is 19.1 Å². The highest BCUT2D eigenvalue weighted by atomic mass is 35.5. The Morgan fingerprint density at radius 3 is 2.60 bits per heavy atom. The summed E-state index contributed by atoms with van der Waals surface area (Å²) in [4.78, 5) is 48.5. The molecule has 156 valence electrons. The highest BCUT2D eigenvalue weighted by Gasteiger charge is 2.29. The number of carbonyl (C=O) groups is 4. The van der Waals surface area contributed by atoms with Crippen LogP contribution in [-0.4, -0.2) is 42.6 Å². The second-order valence-corrected chi connectivity index (χ2v) is 8.01. The standard InChI is InChI=1S/C20H18ClN3O5S/c1-29-18(26)10-22-19(27)11-2-5-13(6-3-11)23-17(25)9-16-20(28)24-14-8-12(21)4-7-15(14)30-16/h2-8,16H,9-10H2,1H3,(H,22,27)(H,23,25)(H,24,28). The molecule has 1 aliphatic heterocycles. The molecular formula is C20H18ClN3O5S. The number of methoxy groups -OCH3 is 1. The van der Waals surface area contributed by atoms with E-state index in [2.05, 4.69) is 20.7 Å². The van der Waals surface area contributed by atoms with Crippen molar-refractivity contribution in [1.29, 1.82) is 0 Å². The Bertz CT molecular complexity index is 996. The van der Waals surface area contributed by atoms with Crippen molar-refractivity contribution in [2.24, 2.45) is 0 Å². The zero-order chi connectivity index (χ0) is 21.7. The summed E-state index contributed by atoms with van der Waals surface area (Å²) in [7, 11) is 1.23. The van der Waals surface area contributed by atoms with E-state index in [0.29, 0.717) is 22.0 Å². The molecule has 30 heavy (non-hydrogen) atoms. The lowest BCUT2D eigenvalue weighted by molar-refractivity contribution is -0.139. The second-order valence-electron chi connectivity index (χ2n) is 6.32. The van der Waals surface area contributed by atoms with Crippen LogP contribution in [0.25, 0.3) is 0 Å². The number of anilines is 2. The first-order chi connectivity index (χ1) is 14.4. The first kappa shape index (κ1) is 21.7. The lowest BCUT2D eigenvalue weighted by Gasteiger charge is -2.23. The Morgan fingerprint density at radius 1 is 1.17 bits per heavy atom. The maximum absolute atomic E-state index is 12.4. The van der Waals surface area contributed by atoms with Crippen LogP contribution in [0.5, 0.6) is 0 Å². The predicted octanol–water partition coefficient (Wildman–Crippen LogP) is 2.68. The molecule has 0 saturated carbocycles. The minimum atomic E-state index is -0.568. The fraction of sp³-hybridized carbons (Fsp3) is 0.200. The maximum Gasteiger partial charge on any atom is 0.325 e. The summed E-state index contributed by atoms with van der Waals surface area (Å²) in [6.07, 6.45) is -0.0140. The van der Waals surface area contributed by atoms with E-state index in [1.54, 1.807) is 30.3 Å². The van der Waals surface area contributed by atoms with Crippen LogP contribution < -0.4 is 16.0 Å². The van der Waals surface area contributed by atoms with Crippen molar-refractivity contribution in [2.45, 2.75) is 16.6 Å². The Balaban J connectivity index is 1.55. The third-order valence-corrected chi connectivity index (χ3v) is 5.69. The van der Waals surface area contributed by atoms with Crippen molar-refractivity contribution in [3.05, 3.63) is 53.1 Å². The molecule has 8 nitrogen and oxygen atoms in total. The Labute approximate surface area is 181 Å². The number of thioether (sulfide) groups is 1. The molecule has 0 fully saturated rings. The van der Waals surface area contributed by atoms with Crippen LogP contribution in [0.4, 0.5) is 11.4 Å². The van der Waals surface area contributed by atoms with Crippen LogP contribution >= 0.6 is 23.4 Å². The minimum Gasteiger partial charge on any atom is -0.468 e. The average molecular weight is 448 g/mol. The maximum atomic E-state index is 12.4. The number of benzene rings is 2. The van der Waals surface area contributed by atoms with Gasteiger partial charge in [-0.05, 0) is 42.5 Å². The predicted molar refractivity (Wildman–Crippen MR) is 114 cm³/mol. The summed E-state index contributed by atoms with van der Waals surface area (Å²) in [6, 6.07) is 11.4. The van der Waals surface area contributed by atoms with Crippen LogP contribution in [0.2, 0.25) is 5.02 Å². The third kappa shape index (κ3) is 5.52. The van der Waals surface area contributed by atoms with Gasteiger partial charge in [0.15, 0.2) is 0 Å². The fourth-order valence-electron chi connectivity index (χ4n) is 2.67. The number of halogens is 1. The molecule has 1 unspecified atom stereocenters. The minimum absolute atomic E-state index is 0.0140. The highest BCUT2D eigenvalue weighted by Crippen LogP contribution is 2.38. The summed E-state index contributed by atoms with van der Waals surface area (Å²) in [5.41, 5.74) is 1.45. The zero-order valence-corrected chi connectivity index (χ0v) is 17.4. The fourth-order valence-corrected chi connectivity index (χ4v) is 3.93. The van der Waals surface area contributed by atoms with Crippen LogP contribution in [0.3, 0.4) is 0 Å². The summed E-state index contributed by atoms with van der Waals surface area (Å²) in [6.45, 7) is -0.232. The quantitative estimate of drug-likeness (QED) is 0.587. The van der Waals surface area contributed by atoms with Crippen molar-refractivity contribution >= 4 is 58.4 Å². The molecule has 10 heteroatoms. The van der Waals surface area contributed by atoms with Gasteiger partial charge in [0.05, 0.1) is 18.0 Å². The van der Waals surface area contributed by atoms with E-state index in [9.17, 15) is 19.2 Å². The van der Waals surface area contributed by atoms with Gasteiger partial charge in [-0.15, -0.1) is 11.8 Å². The molecule has 3 N–H and O–H groups in total. The van der Waals surface area contributed by atoms with Crippen LogP contribution in [0.15, 0.2) is 47.4 Å². The molecule has 1 heterocycles. The van der Waals surface area contributed by atoms with Crippen molar-refractivity contribution < 1.29 is 23.9 Å². The summed E-state index contributed by atoms with van der Waals surface area (Å²) in [5.74, 6) is -1.58. The smallest absolute Gasteiger partial charge is 0.325 e. The molecule has 0 radical (unpaired) electrons. The van der Waals surface area contributed by atoms with Gasteiger partial charge in [-0.25, -0.2) is 0 Å².